The highest BCUT2D eigenvalue weighted by molar-refractivity contribution is 5.77. The van der Waals surface area contributed by atoms with Gasteiger partial charge in [0.05, 0.1) is 45.2 Å². The van der Waals surface area contributed by atoms with Crippen molar-refractivity contribution in [3.05, 3.63) is 0 Å². The normalized spacial score (nSPS) is 45.0. The molecule has 0 radical (unpaired) electrons. The van der Waals surface area contributed by atoms with Crippen LogP contribution in [-0.4, -0.2) is 297 Å². The summed E-state index contributed by atoms with van der Waals surface area (Å²) in [6, 6.07) is -5.42. The van der Waals surface area contributed by atoms with Gasteiger partial charge in [0.1, 0.15) is 116 Å². The van der Waals surface area contributed by atoms with Crippen molar-refractivity contribution < 1.29 is 144 Å². The number of carbonyl (C=O) groups excluding carboxylic acids is 3. The molecule has 32 heteroatoms. The monoisotopic (exact) mass is 1040 g/mol. The molecule has 5 aliphatic heterocycles. The number of hydrogen-bond acceptors (Lipinski definition) is 28. The third-order valence-electron chi connectivity index (χ3n) is 12.5. The van der Waals surface area contributed by atoms with Gasteiger partial charge in [-0.15, -0.1) is 0 Å². The number of carboxylic acids is 1. The number of carboxylic acid groups (broad SMARTS) is 1. The Morgan fingerprint density at radius 1 is 0.549 bits per heavy atom. The SMILES string of the molecule is CC(=O)N[C@H]1[C@H](O[C@H]2[C@@H](O)[C@@H](CO)O[C@@H](O[C@H]3[C@H](O)[C@@H](NC(C)=O)C(O)O[C@@H]3CO)[C@@H]2O)O[C@H](CO)[C@@H](O[C@@H]2O[C@H](CO)[C@H](O)[C@H](O)[C@H]2O)[C@@H]1O[C@]1(C(=O)O)C[C@H](O)[C@@H](NC(C)=O)[C@H]([C@H](O)[C@H](O)CO)O1. The quantitative estimate of drug-likeness (QED) is 0.0571. The van der Waals surface area contributed by atoms with Crippen molar-refractivity contribution in [3.8, 4) is 0 Å². The molecule has 5 rings (SSSR count). The van der Waals surface area contributed by atoms with E-state index < -0.39 is 222 Å². The number of rotatable bonds is 19. The van der Waals surface area contributed by atoms with Gasteiger partial charge in [-0.05, 0) is 0 Å². The van der Waals surface area contributed by atoms with Crippen LogP contribution in [0.5, 0.6) is 0 Å². The van der Waals surface area contributed by atoms with E-state index in [0.29, 0.717) is 0 Å². The second kappa shape index (κ2) is 25.0. The minimum absolute atomic E-state index is 0.748. The number of carbonyl (C=O) groups is 4. The predicted molar refractivity (Wildman–Crippen MR) is 219 cm³/mol. The number of ether oxygens (including phenoxy) is 9. The van der Waals surface area contributed by atoms with Crippen molar-refractivity contribution in [1.29, 1.82) is 0 Å². The largest absolute Gasteiger partial charge is 0.477 e. The molecule has 32 nitrogen and oxygen atoms in total. The summed E-state index contributed by atoms with van der Waals surface area (Å²) >= 11 is 0. The fourth-order valence-electron chi connectivity index (χ4n) is 8.94. The molecule has 0 aliphatic carbocycles. The van der Waals surface area contributed by atoms with Crippen LogP contribution in [0.15, 0.2) is 0 Å². The first-order valence-corrected chi connectivity index (χ1v) is 22.2. The van der Waals surface area contributed by atoms with Gasteiger partial charge in [0.2, 0.25) is 17.7 Å². The molecule has 19 N–H and O–H groups in total. The van der Waals surface area contributed by atoms with Crippen molar-refractivity contribution in [1.82, 2.24) is 16.0 Å². The number of nitrogens with one attached hydrogen (secondary N) is 3. The minimum Gasteiger partial charge on any atom is -0.477 e. The van der Waals surface area contributed by atoms with Gasteiger partial charge in [-0.1, -0.05) is 0 Å². The van der Waals surface area contributed by atoms with E-state index in [2.05, 4.69) is 16.0 Å². The molecule has 0 bridgehead atoms. The molecular weight excluding hydrogens is 974 g/mol. The van der Waals surface area contributed by atoms with Gasteiger partial charge in [0.15, 0.2) is 25.2 Å². The van der Waals surface area contributed by atoms with Crippen molar-refractivity contribution in [2.45, 2.75) is 186 Å². The Balaban J connectivity index is 1.60. The zero-order valence-electron chi connectivity index (χ0n) is 38.1. The predicted octanol–water partition coefficient (Wildman–Crippen LogP) is -12.3. The van der Waals surface area contributed by atoms with Crippen LogP contribution in [0.2, 0.25) is 0 Å². The van der Waals surface area contributed by atoms with Gasteiger partial charge in [-0.3, -0.25) is 14.4 Å². The van der Waals surface area contributed by atoms with Crippen LogP contribution in [-0.2, 0) is 61.8 Å². The topological polar surface area (TPSA) is 511 Å². The molecule has 0 spiro atoms. The highest BCUT2D eigenvalue weighted by Crippen LogP contribution is 2.40. The Kier molecular flexibility index (Phi) is 20.7. The molecular formula is C39H65N3O29. The summed E-state index contributed by atoms with van der Waals surface area (Å²) in [5.41, 5.74) is 0. The highest BCUT2D eigenvalue weighted by atomic mass is 16.8. The summed E-state index contributed by atoms with van der Waals surface area (Å²) in [5, 5.41) is 178. The van der Waals surface area contributed by atoms with E-state index >= 15 is 0 Å². The van der Waals surface area contributed by atoms with Crippen LogP contribution in [0.25, 0.3) is 0 Å². The van der Waals surface area contributed by atoms with Crippen LogP contribution in [0, 0.1) is 0 Å². The van der Waals surface area contributed by atoms with Crippen LogP contribution in [0.1, 0.15) is 27.2 Å². The first-order chi connectivity index (χ1) is 33.4. The maximum absolute atomic E-state index is 13.5. The summed E-state index contributed by atoms with van der Waals surface area (Å²) in [5.74, 6) is -8.07. The number of aliphatic hydroxyl groups excluding tert-OH is 15. The average molecular weight is 1040 g/mol. The molecule has 0 aromatic carbocycles. The van der Waals surface area contributed by atoms with Crippen molar-refractivity contribution >= 4 is 23.7 Å². The molecule has 71 heavy (non-hydrogen) atoms. The van der Waals surface area contributed by atoms with Crippen molar-refractivity contribution in [2.24, 2.45) is 0 Å². The molecule has 5 aliphatic rings. The van der Waals surface area contributed by atoms with Crippen LogP contribution in [0.3, 0.4) is 0 Å². The molecule has 0 aromatic rings. The van der Waals surface area contributed by atoms with Crippen LogP contribution in [0.4, 0.5) is 0 Å². The van der Waals surface area contributed by atoms with E-state index in [1.807, 2.05) is 0 Å². The van der Waals surface area contributed by atoms with Gasteiger partial charge in [-0.25, -0.2) is 4.79 Å². The third kappa shape index (κ3) is 12.9. The average Bonchev–Trinajstić information content (AvgIpc) is 3.31. The van der Waals surface area contributed by atoms with E-state index in [4.69, 9.17) is 42.6 Å². The zero-order chi connectivity index (χ0) is 53.0. The Labute approximate surface area is 402 Å². The van der Waals surface area contributed by atoms with Gasteiger partial charge >= 0.3 is 5.97 Å². The first kappa shape index (κ1) is 58.8. The lowest BCUT2D eigenvalue weighted by Crippen LogP contribution is -2.73. The van der Waals surface area contributed by atoms with E-state index in [9.17, 15) is 101 Å². The summed E-state index contributed by atoms with van der Waals surface area (Å²) in [4.78, 5) is 50.7. The first-order valence-electron chi connectivity index (χ1n) is 22.2. The Morgan fingerprint density at radius 2 is 1.03 bits per heavy atom. The summed E-state index contributed by atoms with van der Waals surface area (Å²) in [6.07, 6.45) is -46.1. The molecule has 5 heterocycles. The van der Waals surface area contributed by atoms with E-state index in [0.717, 1.165) is 20.8 Å². The van der Waals surface area contributed by atoms with Crippen molar-refractivity contribution in [2.75, 3.05) is 33.0 Å². The number of aliphatic carboxylic acids is 1. The van der Waals surface area contributed by atoms with Gasteiger partial charge in [0, 0.05) is 27.2 Å². The fraction of sp³-hybridized carbons (Fsp3) is 0.897. The van der Waals surface area contributed by atoms with Gasteiger partial charge in [0.25, 0.3) is 5.79 Å². The minimum atomic E-state index is -3.32. The summed E-state index contributed by atoms with van der Waals surface area (Å²) < 4.78 is 52.2. The summed E-state index contributed by atoms with van der Waals surface area (Å²) in [7, 11) is 0. The Hall–Kier alpha value is -3.08. The maximum Gasteiger partial charge on any atom is 0.364 e. The zero-order valence-corrected chi connectivity index (χ0v) is 38.1. The van der Waals surface area contributed by atoms with Crippen molar-refractivity contribution in [3.63, 3.8) is 0 Å². The second-order valence-corrected chi connectivity index (χ2v) is 17.6. The maximum atomic E-state index is 13.5. The lowest BCUT2D eigenvalue weighted by Gasteiger charge is -2.53. The van der Waals surface area contributed by atoms with Crippen LogP contribution >= 0.6 is 0 Å². The van der Waals surface area contributed by atoms with E-state index in [1.54, 1.807) is 0 Å². The standard InChI is InChI=1S/C39H65N3O29/c1-10(48)40-19-13(51)4-39(38(61)62,70-31(19)22(53)14(52)5-43)71-32-21(42-12(3)50)35(66-18(9-47)30(32)68-36-27(58)26(57)23(54)15(6-44)64-36)69-33-24(55)16(7-45)65-37(28(33)59)67-29-17(8-46)63-34(60)20(25(29)56)41-11(2)49/h13-37,43-47,51-60H,4-9H2,1-3H3,(H,40,48)(H,41,49)(H,42,50)(H,61,62)/t13-,14+,15+,16+,17+,18+,19+,20+,21+,22+,23-,24-,25+,26-,27+,28+,29+,30+,31+,32+,33-,34?,35-,36-,37-,39-/m0/s1. The lowest BCUT2D eigenvalue weighted by molar-refractivity contribution is -0.395. The number of hydrogen-bond donors (Lipinski definition) is 19. The molecule has 5 fully saturated rings. The Bertz CT molecular complexity index is 1770. The Morgan fingerprint density at radius 3 is 1.56 bits per heavy atom. The fourth-order valence-corrected chi connectivity index (χ4v) is 8.94. The smallest absolute Gasteiger partial charge is 0.364 e. The summed E-state index contributed by atoms with van der Waals surface area (Å²) in [6.45, 7) is -2.48. The molecule has 0 aromatic heterocycles. The number of aliphatic hydroxyl groups is 15. The van der Waals surface area contributed by atoms with Gasteiger partial charge in [-0.2, -0.15) is 0 Å². The molecule has 0 saturated carbocycles. The van der Waals surface area contributed by atoms with Gasteiger partial charge < -0.3 is 140 Å². The highest BCUT2D eigenvalue weighted by Gasteiger charge is 2.62. The molecule has 1 unspecified atom stereocenters. The van der Waals surface area contributed by atoms with E-state index in [-0.39, 0.29) is 0 Å². The lowest BCUT2D eigenvalue weighted by atomic mass is 9.87. The molecule has 5 saturated heterocycles. The second-order valence-electron chi connectivity index (χ2n) is 17.6. The van der Waals surface area contributed by atoms with Crippen LogP contribution < -0.4 is 16.0 Å². The van der Waals surface area contributed by atoms with E-state index in [1.165, 1.54) is 0 Å². The molecule has 26 atom stereocenters. The number of amides is 3. The molecule has 3 amide bonds. The molecule has 410 valence electrons. The third-order valence-corrected chi connectivity index (χ3v) is 12.5.